The van der Waals surface area contributed by atoms with Gasteiger partial charge in [0.25, 0.3) is 0 Å². The van der Waals surface area contributed by atoms with E-state index in [9.17, 15) is 0 Å². The van der Waals surface area contributed by atoms with Gasteiger partial charge in [0, 0.05) is 12.4 Å². The molecule has 1 aromatic heterocycles. The Morgan fingerprint density at radius 3 is 1.54 bits per heavy atom. The molecule has 0 fully saturated rings. The first-order valence-electron chi connectivity index (χ1n) is 10.7. The molecule has 0 aliphatic heterocycles. The van der Waals surface area contributed by atoms with Crippen molar-refractivity contribution in [2.45, 2.75) is 110 Å². The van der Waals surface area contributed by atoms with E-state index in [-0.39, 0.29) is 0 Å². The van der Waals surface area contributed by atoms with Gasteiger partial charge >= 0.3 is 0 Å². The summed E-state index contributed by atoms with van der Waals surface area (Å²) in [6.07, 6.45) is 26.4. The molecule has 2 heteroatoms. The lowest BCUT2D eigenvalue weighted by Gasteiger charge is -2.04. The molecule has 140 valence electrons. The summed E-state index contributed by atoms with van der Waals surface area (Å²) in [5, 5.41) is 0. The highest BCUT2D eigenvalue weighted by Gasteiger charge is 1.96. The number of nitrogens with one attached hydrogen (secondary N) is 1. The van der Waals surface area contributed by atoms with Crippen LogP contribution in [0.4, 0.5) is 0 Å². The number of ether oxygens (including phenoxy) is 1. The van der Waals surface area contributed by atoms with E-state index in [2.05, 4.69) is 11.9 Å². The van der Waals surface area contributed by atoms with Crippen LogP contribution in [-0.4, -0.2) is 11.6 Å². The van der Waals surface area contributed by atoms with Crippen molar-refractivity contribution in [3.63, 3.8) is 0 Å². The number of rotatable bonds is 18. The Kier molecular flexibility index (Phi) is 14.9. The first-order valence-corrected chi connectivity index (χ1v) is 10.7. The lowest BCUT2D eigenvalue weighted by Crippen LogP contribution is -1.96. The highest BCUT2D eigenvalue weighted by atomic mass is 16.5. The van der Waals surface area contributed by atoms with E-state index < -0.39 is 0 Å². The molecule has 0 aliphatic rings. The molecule has 0 radical (unpaired) electrons. The Balaban J connectivity index is 1.66. The summed E-state index contributed by atoms with van der Waals surface area (Å²) in [6, 6.07) is 1.98. The Labute approximate surface area is 150 Å². The van der Waals surface area contributed by atoms with Gasteiger partial charge in [-0.05, 0) is 12.5 Å². The zero-order valence-electron chi connectivity index (χ0n) is 16.2. The van der Waals surface area contributed by atoms with Gasteiger partial charge in [0.15, 0.2) is 0 Å². The average Bonchev–Trinajstić information content (AvgIpc) is 3.11. The molecule has 2 nitrogen and oxygen atoms in total. The van der Waals surface area contributed by atoms with Crippen LogP contribution < -0.4 is 4.74 Å². The number of hydrogen-bond acceptors (Lipinski definition) is 1. The topological polar surface area (TPSA) is 25.0 Å². The average molecular weight is 336 g/mol. The molecular formula is C22H41NO. The molecular weight excluding hydrogens is 294 g/mol. The number of aromatic nitrogens is 1. The van der Waals surface area contributed by atoms with Crippen LogP contribution in [0.5, 0.6) is 5.75 Å². The van der Waals surface area contributed by atoms with Crippen LogP contribution in [0.25, 0.3) is 0 Å². The van der Waals surface area contributed by atoms with E-state index >= 15 is 0 Å². The molecule has 0 saturated carbocycles. The third-order valence-electron chi connectivity index (χ3n) is 4.84. The van der Waals surface area contributed by atoms with Crippen LogP contribution in [-0.2, 0) is 0 Å². The van der Waals surface area contributed by atoms with Crippen LogP contribution in [0.1, 0.15) is 110 Å². The third kappa shape index (κ3) is 13.5. The van der Waals surface area contributed by atoms with Gasteiger partial charge in [-0.15, -0.1) is 0 Å². The fourth-order valence-corrected chi connectivity index (χ4v) is 3.24. The standard InChI is InChI=1S/C22H41NO/c1-2-3-4-5-6-7-8-9-10-11-12-13-14-15-16-17-20-24-22-18-19-23-21-22/h18-19,21,23H,2-17,20H2,1H3. The predicted octanol–water partition coefficient (Wildman–Crippen LogP) is 7.66. The van der Waals surface area contributed by atoms with Gasteiger partial charge < -0.3 is 9.72 Å². The maximum absolute atomic E-state index is 5.63. The summed E-state index contributed by atoms with van der Waals surface area (Å²) in [5.41, 5.74) is 0. The monoisotopic (exact) mass is 335 g/mol. The summed E-state index contributed by atoms with van der Waals surface area (Å²) in [5.74, 6) is 0.968. The van der Waals surface area contributed by atoms with Crippen LogP contribution in [0.15, 0.2) is 18.5 Å². The molecule has 1 N–H and O–H groups in total. The zero-order valence-corrected chi connectivity index (χ0v) is 16.2. The van der Waals surface area contributed by atoms with Gasteiger partial charge in [0.05, 0.1) is 6.61 Å². The van der Waals surface area contributed by atoms with Crippen molar-refractivity contribution < 1.29 is 4.74 Å². The molecule has 0 saturated heterocycles. The smallest absolute Gasteiger partial charge is 0.136 e. The fourth-order valence-electron chi connectivity index (χ4n) is 3.24. The predicted molar refractivity (Wildman–Crippen MR) is 106 cm³/mol. The lowest BCUT2D eigenvalue weighted by molar-refractivity contribution is 0.304. The molecule has 0 atom stereocenters. The van der Waals surface area contributed by atoms with Crippen LogP contribution >= 0.6 is 0 Å². The van der Waals surface area contributed by atoms with Crippen LogP contribution in [0.3, 0.4) is 0 Å². The molecule has 0 bridgehead atoms. The minimum atomic E-state index is 0.857. The minimum absolute atomic E-state index is 0.857. The van der Waals surface area contributed by atoms with Crippen molar-refractivity contribution in [1.29, 1.82) is 0 Å². The van der Waals surface area contributed by atoms with Crippen LogP contribution in [0, 0.1) is 0 Å². The van der Waals surface area contributed by atoms with Gasteiger partial charge in [-0.3, -0.25) is 0 Å². The molecule has 0 amide bonds. The first-order chi connectivity index (χ1) is 11.9. The summed E-state index contributed by atoms with van der Waals surface area (Å²) in [4.78, 5) is 3.01. The molecule has 1 rings (SSSR count). The Morgan fingerprint density at radius 2 is 1.12 bits per heavy atom. The van der Waals surface area contributed by atoms with E-state index in [1.807, 2.05) is 18.5 Å². The number of hydrogen-bond donors (Lipinski definition) is 1. The molecule has 1 aromatic rings. The molecule has 0 unspecified atom stereocenters. The molecule has 24 heavy (non-hydrogen) atoms. The van der Waals surface area contributed by atoms with Crippen molar-refractivity contribution in [3.05, 3.63) is 18.5 Å². The summed E-state index contributed by atoms with van der Waals surface area (Å²) in [7, 11) is 0. The normalized spacial score (nSPS) is 11.0. The first kappa shape index (κ1) is 21.1. The highest BCUT2D eigenvalue weighted by Crippen LogP contribution is 2.14. The Bertz CT molecular complexity index is 334. The van der Waals surface area contributed by atoms with Crippen molar-refractivity contribution in [2.24, 2.45) is 0 Å². The van der Waals surface area contributed by atoms with Crippen molar-refractivity contribution in [3.8, 4) is 5.75 Å². The van der Waals surface area contributed by atoms with E-state index in [1.165, 1.54) is 103 Å². The van der Waals surface area contributed by atoms with Crippen molar-refractivity contribution in [2.75, 3.05) is 6.61 Å². The lowest BCUT2D eigenvalue weighted by atomic mass is 10.0. The van der Waals surface area contributed by atoms with Crippen molar-refractivity contribution in [1.82, 2.24) is 4.98 Å². The van der Waals surface area contributed by atoms with E-state index in [0.29, 0.717) is 0 Å². The molecule has 0 spiro atoms. The zero-order chi connectivity index (χ0) is 17.1. The fraction of sp³-hybridized carbons (Fsp3) is 0.818. The van der Waals surface area contributed by atoms with E-state index in [1.54, 1.807) is 0 Å². The second kappa shape index (κ2) is 16.9. The SMILES string of the molecule is CCCCCCCCCCCCCCCCCCOc1cc[nH]c1. The van der Waals surface area contributed by atoms with Crippen LogP contribution in [0.2, 0.25) is 0 Å². The third-order valence-corrected chi connectivity index (χ3v) is 4.84. The summed E-state index contributed by atoms with van der Waals surface area (Å²) in [6.45, 7) is 3.15. The van der Waals surface area contributed by atoms with Gasteiger partial charge in [0.1, 0.15) is 5.75 Å². The minimum Gasteiger partial charge on any atom is -0.492 e. The Hall–Kier alpha value is -0.920. The number of unbranched alkanes of at least 4 members (excludes halogenated alkanes) is 15. The quantitative estimate of drug-likeness (QED) is 0.274. The maximum Gasteiger partial charge on any atom is 0.136 e. The van der Waals surface area contributed by atoms with Gasteiger partial charge in [-0.1, -0.05) is 103 Å². The maximum atomic E-state index is 5.63. The number of aromatic amines is 1. The van der Waals surface area contributed by atoms with E-state index in [0.717, 1.165) is 12.4 Å². The highest BCUT2D eigenvalue weighted by molar-refractivity contribution is 5.15. The summed E-state index contributed by atoms with van der Waals surface area (Å²) >= 11 is 0. The molecule has 0 aromatic carbocycles. The second-order valence-corrected chi connectivity index (χ2v) is 7.20. The Morgan fingerprint density at radius 1 is 0.667 bits per heavy atom. The van der Waals surface area contributed by atoms with E-state index in [4.69, 9.17) is 4.74 Å². The molecule has 0 aliphatic carbocycles. The van der Waals surface area contributed by atoms with Gasteiger partial charge in [-0.25, -0.2) is 0 Å². The van der Waals surface area contributed by atoms with Gasteiger partial charge in [0.2, 0.25) is 0 Å². The largest absolute Gasteiger partial charge is 0.492 e. The van der Waals surface area contributed by atoms with Crippen molar-refractivity contribution >= 4 is 0 Å². The van der Waals surface area contributed by atoms with Gasteiger partial charge in [-0.2, -0.15) is 0 Å². The summed E-state index contributed by atoms with van der Waals surface area (Å²) < 4.78 is 5.63. The second-order valence-electron chi connectivity index (χ2n) is 7.20. The number of H-pyrrole nitrogens is 1. The molecule has 1 heterocycles.